The number of carbonyl (C=O) groups excluding carboxylic acids is 2. The Labute approximate surface area is 112 Å². The minimum absolute atomic E-state index is 0.0304. The van der Waals surface area contributed by atoms with Crippen molar-refractivity contribution in [1.82, 2.24) is 9.78 Å². The van der Waals surface area contributed by atoms with Crippen LogP contribution >= 0.6 is 0 Å². The molecule has 5 heteroatoms. The van der Waals surface area contributed by atoms with Gasteiger partial charge in [0, 0.05) is 12.6 Å². The van der Waals surface area contributed by atoms with Crippen molar-refractivity contribution in [3.05, 3.63) is 18.0 Å². The summed E-state index contributed by atoms with van der Waals surface area (Å²) in [5.41, 5.74) is 0.215. The molecule has 1 aliphatic carbocycles. The average Bonchev–Trinajstić information content (AvgIpc) is 2.81. The van der Waals surface area contributed by atoms with E-state index in [4.69, 9.17) is 4.74 Å². The summed E-state index contributed by atoms with van der Waals surface area (Å²) in [6.45, 7) is 6.00. The summed E-state index contributed by atoms with van der Waals surface area (Å²) < 4.78 is 6.99. The molecule has 0 aliphatic heterocycles. The Kier molecular flexibility index (Phi) is 3.73. The summed E-state index contributed by atoms with van der Waals surface area (Å²) in [6, 6.07) is 0. The molecule has 1 aromatic rings. The number of hydrogen-bond acceptors (Lipinski definition) is 4. The summed E-state index contributed by atoms with van der Waals surface area (Å²) in [6.07, 6.45) is 5.56. The highest BCUT2D eigenvalue weighted by Crippen LogP contribution is 2.19. The summed E-state index contributed by atoms with van der Waals surface area (Å²) in [4.78, 5) is 23.6. The van der Waals surface area contributed by atoms with Crippen molar-refractivity contribution in [3.8, 4) is 0 Å². The van der Waals surface area contributed by atoms with Crippen LogP contribution in [-0.4, -0.2) is 27.6 Å². The van der Waals surface area contributed by atoms with Crippen LogP contribution in [0.5, 0.6) is 0 Å². The zero-order chi connectivity index (χ0) is 14.0. The molecule has 0 unspecified atom stereocenters. The molecule has 104 valence electrons. The van der Waals surface area contributed by atoms with Crippen LogP contribution in [-0.2, 0) is 15.1 Å². The van der Waals surface area contributed by atoms with Crippen molar-refractivity contribution in [2.45, 2.75) is 58.1 Å². The minimum atomic E-state index is -0.570. The molecule has 1 saturated carbocycles. The lowest BCUT2D eigenvalue weighted by Gasteiger charge is -2.20. The Morgan fingerprint density at radius 3 is 2.74 bits per heavy atom. The second kappa shape index (κ2) is 5.15. The predicted octanol–water partition coefficient (Wildman–Crippen LogP) is 2.31. The van der Waals surface area contributed by atoms with Crippen LogP contribution in [0.25, 0.3) is 0 Å². The van der Waals surface area contributed by atoms with Crippen molar-refractivity contribution in [3.63, 3.8) is 0 Å². The van der Waals surface area contributed by atoms with E-state index < -0.39 is 12.1 Å². The molecule has 0 saturated heterocycles. The van der Waals surface area contributed by atoms with Gasteiger partial charge < -0.3 is 4.74 Å². The van der Waals surface area contributed by atoms with Crippen molar-refractivity contribution in [2.24, 2.45) is 0 Å². The number of Topliss-reactive ketones (excluding diaryl/α,β-unsaturated/α-hetero) is 1. The first kappa shape index (κ1) is 13.8. The Morgan fingerprint density at radius 1 is 1.42 bits per heavy atom. The molecule has 0 bridgehead atoms. The van der Waals surface area contributed by atoms with Crippen LogP contribution in [0.1, 0.15) is 56.8 Å². The van der Waals surface area contributed by atoms with Crippen LogP contribution < -0.4 is 0 Å². The number of aromatic nitrogens is 2. The van der Waals surface area contributed by atoms with E-state index in [1.54, 1.807) is 10.9 Å². The van der Waals surface area contributed by atoms with Crippen LogP contribution in [0.4, 0.5) is 0 Å². The Balaban J connectivity index is 2.04. The summed E-state index contributed by atoms with van der Waals surface area (Å²) in [7, 11) is 0. The lowest BCUT2D eigenvalue weighted by molar-refractivity contribution is -0.129. The quantitative estimate of drug-likeness (QED) is 0.769. The molecular weight excluding hydrogens is 244 g/mol. The fraction of sp³-hybridized carbons (Fsp3) is 0.643. The van der Waals surface area contributed by atoms with Crippen molar-refractivity contribution in [2.75, 3.05) is 0 Å². The number of esters is 1. The van der Waals surface area contributed by atoms with Gasteiger partial charge in [0.1, 0.15) is 0 Å². The van der Waals surface area contributed by atoms with Crippen LogP contribution in [0.15, 0.2) is 12.4 Å². The third-order valence-electron chi connectivity index (χ3n) is 3.25. The van der Waals surface area contributed by atoms with E-state index in [-0.39, 0.29) is 11.3 Å². The van der Waals surface area contributed by atoms with Crippen molar-refractivity contribution >= 4 is 11.8 Å². The van der Waals surface area contributed by atoms with E-state index in [1.807, 2.05) is 20.8 Å². The molecule has 1 aliphatic rings. The van der Waals surface area contributed by atoms with Crippen molar-refractivity contribution in [1.29, 1.82) is 0 Å². The van der Waals surface area contributed by atoms with Gasteiger partial charge in [-0.3, -0.25) is 9.48 Å². The van der Waals surface area contributed by atoms with E-state index in [0.717, 1.165) is 12.8 Å². The average molecular weight is 264 g/mol. The monoisotopic (exact) mass is 264 g/mol. The standard InChI is InChI=1S/C14H20N2O3/c1-14(2,3)16-9-10(8-15-16)13(18)19-12-7-5-4-6-11(12)17/h8-9,12H,4-7H2,1-3H3/t12-/m1/s1. The number of nitrogens with zero attached hydrogens (tertiary/aromatic N) is 2. The maximum Gasteiger partial charge on any atom is 0.342 e. The van der Waals surface area contributed by atoms with Gasteiger partial charge in [-0.05, 0) is 40.0 Å². The first-order chi connectivity index (χ1) is 8.88. The third-order valence-corrected chi connectivity index (χ3v) is 3.25. The lowest BCUT2D eigenvalue weighted by Crippen LogP contribution is -2.30. The van der Waals surface area contributed by atoms with Gasteiger partial charge in [0.05, 0.1) is 17.3 Å². The minimum Gasteiger partial charge on any atom is -0.451 e. The number of rotatable bonds is 2. The van der Waals surface area contributed by atoms with E-state index in [9.17, 15) is 9.59 Å². The summed E-state index contributed by atoms with van der Waals surface area (Å²) >= 11 is 0. The molecule has 0 radical (unpaired) electrons. The molecule has 2 rings (SSSR count). The molecule has 1 aromatic heterocycles. The normalized spacial score (nSPS) is 20.4. The number of ether oxygens (including phenoxy) is 1. The van der Waals surface area contributed by atoms with Gasteiger partial charge in [0.2, 0.25) is 0 Å². The summed E-state index contributed by atoms with van der Waals surface area (Å²) in [5.74, 6) is -0.432. The predicted molar refractivity (Wildman–Crippen MR) is 69.9 cm³/mol. The van der Waals surface area contributed by atoms with E-state index in [1.165, 1.54) is 6.20 Å². The zero-order valence-electron chi connectivity index (χ0n) is 11.7. The molecule has 1 fully saturated rings. The SMILES string of the molecule is CC(C)(C)n1cc(C(=O)O[C@@H]2CCCCC2=O)cn1. The first-order valence-electron chi connectivity index (χ1n) is 6.67. The highest BCUT2D eigenvalue weighted by Gasteiger charge is 2.27. The van der Waals surface area contributed by atoms with Gasteiger partial charge in [-0.25, -0.2) is 4.79 Å². The van der Waals surface area contributed by atoms with Gasteiger partial charge in [-0.2, -0.15) is 5.10 Å². The van der Waals surface area contributed by atoms with Crippen LogP contribution in [0, 0.1) is 0 Å². The van der Waals surface area contributed by atoms with Crippen molar-refractivity contribution < 1.29 is 14.3 Å². The van der Waals surface area contributed by atoms with Gasteiger partial charge in [-0.15, -0.1) is 0 Å². The third kappa shape index (κ3) is 3.22. The van der Waals surface area contributed by atoms with E-state index in [0.29, 0.717) is 18.4 Å². The highest BCUT2D eigenvalue weighted by molar-refractivity contribution is 5.92. The molecule has 0 spiro atoms. The second-order valence-corrected chi connectivity index (χ2v) is 5.95. The van der Waals surface area contributed by atoms with E-state index in [2.05, 4.69) is 5.10 Å². The molecule has 1 heterocycles. The van der Waals surface area contributed by atoms with Gasteiger partial charge in [0.15, 0.2) is 11.9 Å². The van der Waals surface area contributed by atoms with Crippen LogP contribution in [0.3, 0.4) is 0 Å². The smallest absolute Gasteiger partial charge is 0.342 e. The van der Waals surface area contributed by atoms with E-state index >= 15 is 0 Å². The largest absolute Gasteiger partial charge is 0.451 e. The highest BCUT2D eigenvalue weighted by atomic mass is 16.5. The molecule has 1 atom stereocenters. The lowest BCUT2D eigenvalue weighted by atomic mass is 9.96. The van der Waals surface area contributed by atoms with Gasteiger partial charge in [-0.1, -0.05) is 0 Å². The number of carbonyl (C=O) groups is 2. The zero-order valence-corrected chi connectivity index (χ0v) is 11.7. The summed E-state index contributed by atoms with van der Waals surface area (Å²) in [5, 5.41) is 4.15. The first-order valence-corrected chi connectivity index (χ1v) is 6.67. The molecule has 0 amide bonds. The fourth-order valence-electron chi connectivity index (χ4n) is 2.07. The topological polar surface area (TPSA) is 61.2 Å². The van der Waals surface area contributed by atoms with Gasteiger partial charge >= 0.3 is 5.97 Å². The van der Waals surface area contributed by atoms with Crippen LogP contribution in [0.2, 0.25) is 0 Å². The maximum atomic E-state index is 12.0. The second-order valence-electron chi connectivity index (χ2n) is 5.95. The molecule has 19 heavy (non-hydrogen) atoms. The molecule has 0 aromatic carbocycles. The number of ketones is 1. The molecule has 0 N–H and O–H groups in total. The molecular formula is C14H20N2O3. The number of hydrogen-bond donors (Lipinski definition) is 0. The molecule has 5 nitrogen and oxygen atoms in total. The Hall–Kier alpha value is -1.65. The maximum absolute atomic E-state index is 12.0. The Bertz CT molecular complexity index is 485. The fourth-order valence-corrected chi connectivity index (χ4v) is 2.07. The van der Waals surface area contributed by atoms with Gasteiger partial charge in [0.25, 0.3) is 0 Å². The Morgan fingerprint density at radius 2 is 2.16 bits per heavy atom.